The highest BCUT2D eigenvalue weighted by Crippen LogP contribution is 2.41. The maximum absolute atomic E-state index is 12.6. The third-order valence-electron chi connectivity index (χ3n) is 4.59. The van der Waals surface area contributed by atoms with E-state index in [0.29, 0.717) is 13.0 Å². The Balaban J connectivity index is 1.85. The minimum absolute atomic E-state index is 0.0811. The summed E-state index contributed by atoms with van der Waals surface area (Å²) < 4.78 is 28.1. The summed E-state index contributed by atoms with van der Waals surface area (Å²) in [6.07, 6.45) is 5.16. The van der Waals surface area contributed by atoms with Gasteiger partial charge in [0.1, 0.15) is 4.90 Å². The summed E-state index contributed by atoms with van der Waals surface area (Å²) >= 11 is 0. The summed E-state index contributed by atoms with van der Waals surface area (Å²) in [5.41, 5.74) is -0.526. The molecule has 7 nitrogen and oxygen atoms in total. The van der Waals surface area contributed by atoms with E-state index in [1.807, 2.05) is 0 Å². The predicted molar refractivity (Wildman–Crippen MR) is 75.9 cm³/mol. The number of hydrogen-bond acceptors (Lipinski definition) is 4. The van der Waals surface area contributed by atoms with Gasteiger partial charge in [0.25, 0.3) is 0 Å². The van der Waals surface area contributed by atoms with E-state index in [1.54, 1.807) is 19.0 Å². The van der Waals surface area contributed by atoms with Gasteiger partial charge in [0, 0.05) is 39.9 Å². The number of sulfonamides is 1. The number of carbonyl (C=O) groups excluding carboxylic acids is 1. The van der Waals surface area contributed by atoms with Gasteiger partial charge in [0.05, 0.1) is 11.6 Å². The van der Waals surface area contributed by atoms with Crippen molar-refractivity contribution in [2.75, 3.05) is 26.7 Å². The first-order valence-electron chi connectivity index (χ1n) is 7.10. The zero-order valence-electron chi connectivity index (χ0n) is 12.3. The molecule has 2 fully saturated rings. The number of likely N-dealkylation sites (tertiary alicyclic amines) is 1. The molecular formula is C13H20N4O3S. The van der Waals surface area contributed by atoms with Crippen molar-refractivity contribution in [3.63, 3.8) is 0 Å². The highest BCUT2D eigenvalue weighted by Gasteiger charge is 2.50. The smallest absolute Gasteiger partial charge is 0.246 e. The van der Waals surface area contributed by atoms with E-state index in [9.17, 15) is 13.2 Å². The van der Waals surface area contributed by atoms with E-state index < -0.39 is 15.4 Å². The van der Waals surface area contributed by atoms with E-state index >= 15 is 0 Å². The average molecular weight is 312 g/mol. The minimum Gasteiger partial charge on any atom is -0.345 e. The molecule has 0 aliphatic carbocycles. The van der Waals surface area contributed by atoms with Gasteiger partial charge in [-0.15, -0.1) is 0 Å². The molecule has 1 aromatic heterocycles. The molecule has 0 N–H and O–H groups in total. The third kappa shape index (κ3) is 2.26. The molecular weight excluding hydrogens is 292 g/mol. The van der Waals surface area contributed by atoms with Crippen molar-refractivity contribution in [3.8, 4) is 0 Å². The molecule has 0 saturated carbocycles. The van der Waals surface area contributed by atoms with Crippen LogP contribution in [0.15, 0.2) is 17.3 Å². The highest BCUT2D eigenvalue weighted by atomic mass is 32.2. The quantitative estimate of drug-likeness (QED) is 0.773. The molecule has 1 spiro atoms. The van der Waals surface area contributed by atoms with E-state index in [1.165, 1.54) is 21.4 Å². The van der Waals surface area contributed by atoms with Gasteiger partial charge in [-0.25, -0.2) is 8.42 Å². The van der Waals surface area contributed by atoms with Crippen LogP contribution in [-0.2, 0) is 21.9 Å². The molecule has 1 atom stereocenters. The molecule has 2 saturated heterocycles. The molecule has 3 rings (SSSR count). The first-order chi connectivity index (χ1) is 9.85. The molecule has 0 unspecified atom stereocenters. The summed E-state index contributed by atoms with van der Waals surface area (Å²) in [5, 5.41) is 3.92. The number of aromatic nitrogens is 2. The summed E-state index contributed by atoms with van der Waals surface area (Å²) in [6, 6.07) is 0. The first-order valence-corrected chi connectivity index (χ1v) is 8.54. The molecule has 21 heavy (non-hydrogen) atoms. The number of piperidine rings is 1. The molecule has 0 aromatic carbocycles. The third-order valence-corrected chi connectivity index (χ3v) is 6.39. The van der Waals surface area contributed by atoms with Crippen molar-refractivity contribution < 1.29 is 13.2 Å². The number of nitrogens with zero attached hydrogens (tertiary/aromatic N) is 4. The van der Waals surface area contributed by atoms with Gasteiger partial charge in [-0.05, 0) is 19.3 Å². The second-order valence-corrected chi connectivity index (χ2v) is 7.99. The number of amides is 1. The van der Waals surface area contributed by atoms with Gasteiger partial charge in [-0.3, -0.25) is 9.48 Å². The fourth-order valence-corrected chi connectivity index (χ4v) is 4.88. The van der Waals surface area contributed by atoms with Crippen LogP contribution < -0.4 is 0 Å². The van der Waals surface area contributed by atoms with E-state index in [2.05, 4.69) is 5.10 Å². The standard InChI is InChI=1S/C13H20N4O3S/c1-15-6-3-4-13(12(15)18)5-7-17(10-13)21(19,20)11-8-14-16(2)9-11/h8-9H,3-7,10H2,1-2H3/t13-/m1/s1. The van der Waals surface area contributed by atoms with Crippen molar-refractivity contribution in [2.24, 2.45) is 12.5 Å². The fraction of sp³-hybridized carbons (Fsp3) is 0.692. The molecule has 8 heteroatoms. The van der Waals surface area contributed by atoms with Crippen LogP contribution in [0.1, 0.15) is 19.3 Å². The lowest BCUT2D eigenvalue weighted by molar-refractivity contribution is -0.143. The maximum atomic E-state index is 12.6. The zero-order valence-corrected chi connectivity index (χ0v) is 13.1. The lowest BCUT2D eigenvalue weighted by Crippen LogP contribution is -2.48. The molecule has 1 amide bonds. The van der Waals surface area contributed by atoms with Crippen LogP contribution in [0.25, 0.3) is 0 Å². The van der Waals surface area contributed by atoms with Crippen LogP contribution in [0.2, 0.25) is 0 Å². The van der Waals surface area contributed by atoms with Crippen LogP contribution in [-0.4, -0.2) is 60.0 Å². The van der Waals surface area contributed by atoms with Crippen LogP contribution in [0.3, 0.4) is 0 Å². The van der Waals surface area contributed by atoms with E-state index in [-0.39, 0.29) is 17.3 Å². The number of carbonyl (C=O) groups is 1. The van der Waals surface area contributed by atoms with Gasteiger partial charge < -0.3 is 4.90 Å². The number of hydrogen-bond donors (Lipinski definition) is 0. The zero-order chi connectivity index (χ0) is 15.3. The Morgan fingerprint density at radius 2 is 2.00 bits per heavy atom. The lowest BCUT2D eigenvalue weighted by atomic mass is 9.78. The molecule has 1 aromatic rings. The Bertz CT molecular complexity index is 669. The monoisotopic (exact) mass is 312 g/mol. The van der Waals surface area contributed by atoms with Crippen LogP contribution in [0, 0.1) is 5.41 Å². The fourth-order valence-electron chi connectivity index (χ4n) is 3.37. The van der Waals surface area contributed by atoms with Gasteiger partial charge >= 0.3 is 0 Å². The molecule has 116 valence electrons. The Morgan fingerprint density at radius 3 is 2.67 bits per heavy atom. The van der Waals surface area contributed by atoms with Crippen molar-refractivity contribution in [2.45, 2.75) is 24.2 Å². The minimum atomic E-state index is -3.55. The van der Waals surface area contributed by atoms with E-state index in [0.717, 1.165) is 19.4 Å². The second kappa shape index (κ2) is 4.81. The second-order valence-electron chi connectivity index (χ2n) is 6.05. The normalized spacial score (nSPS) is 27.7. The van der Waals surface area contributed by atoms with E-state index in [4.69, 9.17) is 0 Å². The van der Waals surface area contributed by atoms with Crippen LogP contribution in [0.4, 0.5) is 0 Å². The molecule has 0 bridgehead atoms. The Kier molecular flexibility index (Phi) is 3.32. The molecule has 2 aliphatic heterocycles. The van der Waals surface area contributed by atoms with Crippen molar-refractivity contribution >= 4 is 15.9 Å². The number of aryl methyl sites for hydroxylation is 1. The summed E-state index contributed by atoms with van der Waals surface area (Å²) in [5.74, 6) is 0.0811. The Labute approximate surface area is 124 Å². The van der Waals surface area contributed by atoms with Gasteiger partial charge in [0.15, 0.2) is 0 Å². The largest absolute Gasteiger partial charge is 0.345 e. The van der Waals surface area contributed by atoms with Crippen molar-refractivity contribution in [1.29, 1.82) is 0 Å². The summed E-state index contributed by atoms with van der Waals surface area (Å²) in [4.78, 5) is 14.4. The summed E-state index contributed by atoms with van der Waals surface area (Å²) in [7, 11) is -0.0771. The van der Waals surface area contributed by atoms with Crippen LogP contribution >= 0.6 is 0 Å². The molecule has 2 aliphatic rings. The van der Waals surface area contributed by atoms with Gasteiger partial charge in [-0.2, -0.15) is 9.40 Å². The first kappa shape index (κ1) is 14.5. The lowest BCUT2D eigenvalue weighted by Gasteiger charge is -2.37. The molecule has 3 heterocycles. The Morgan fingerprint density at radius 1 is 1.24 bits per heavy atom. The van der Waals surface area contributed by atoms with Crippen LogP contribution in [0.5, 0.6) is 0 Å². The maximum Gasteiger partial charge on any atom is 0.246 e. The average Bonchev–Trinajstić information content (AvgIpc) is 3.04. The van der Waals surface area contributed by atoms with Gasteiger partial charge in [0.2, 0.25) is 15.9 Å². The van der Waals surface area contributed by atoms with Gasteiger partial charge in [-0.1, -0.05) is 0 Å². The van der Waals surface area contributed by atoms with Crippen molar-refractivity contribution in [1.82, 2.24) is 19.0 Å². The van der Waals surface area contributed by atoms with Crippen molar-refractivity contribution in [3.05, 3.63) is 12.4 Å². The molecule has 0 radical (unpaired) electrons. The predicted octanol–water partition coefficient (Wildman–Crippen LogP) is 0.0531. The highest BCUT2D eigenvalue weighted by molar-refractivity contribution is 7.89. The Hall–Kier alpha value is -1.41. The summed E-state index contributed by atoms with van der Waals surface area (Å²) in [6.45, 7) is 1.44. The SMILES string of the molecule is CN1CCC[C@]2(CCN(S(=O)(=O)c3cnn(C)c3)C2)C1=O. The topological polar surface area (TPSA) is 75.5 Å². The number of rotatable bonds is 2.